The van der Waals surface area contributed by atoms with E-state index < -0.39 is 17.5 Å². The third-order valence-corrected chi connectivity index (χ3v) is 5.38. The quantitative estimate of drug-likeness (QED) is 0.795. The number of amides is 4. The number of nitrogens with one attached hydrogen (secondary N) is 2. The van der Waals surface area contributed by atoms with E-state index in [2.05, 4.69) is 10.6 Å². The molecule has 2 aromatic rings. The summed E-state index contributed by atoms with van der Waals surface area (Å²) >= 11 is 5.84. The summed E-state index contributed by atoms with van der Waals surface area (Å²) in [7, 11) is 0. The maximum Gasteiger partial charge on any atom is 0.325 e. The van der Waals surface area contributed by atoms with Gasteiger partial charge in [0.25, 0.3) is 5.91 Å². The van der Waals surface area contributed by atoms with Crippen molar-refractivity contribution in [3.8, 4) is 0 Å². The van der Waals surface area contributed by atoms with E-state index in [9.17, 15) is 14.4 Å². The average molecular weight is 384 g/mol. The zero-order valence-electron chi connectivity index (χ0n) is 14.5. The molecule has 27 heavy (non-hydrogen) atoms. The maximum atomic E-state index is 13.0. The number of halogens is 1. The van der Waals surface area contributed by atoms with Crippen molar-refractivity contribution in [1.29, 1.82) is 0 Å². The number of fused-ring (bicyclic) bond motifs is 2. The number of urea groups is 1. The number of aryl methyl sites for hydroxylation is 1. The molecule has 1 atom stereocenters. The van der Waals surface area contributed by atoms with Crippen LogP contribution < -0.4 is 10.6 Å². The van der Waals surface area contributed by atoms with Crippen LogP contribution in [0.3, 0.4) is 0 Å². The normalized spacial score (nSPS) is 20.7. The summed E-state index contributed by atoms with van der Waals surface area (Å²) in [5, 5.41) is 6.16. The van der Waals surface area contributed by atoms with Crippen molar-refractivity contribution in [1.82, 2.24) is 15.5 Å². The van der Waals surface area contributed by atoms with Gasteiger partial charge in [0.2, 0.25) is 5.91 Å². The number of carbonyl (C=O) groups is 3. The highest BCUT2D eigenvalue weighted by Gasteiger charge is 2.55. The first kappa shape index (κ1) is 17.5. The van der Waals surface area contributed by atoms with E-state index in [4.69, 9.17) is 11.6 Å². The molecule has 2 N–H and O–H groups in total. The molecular formula is C20H18ClN3O3. The Morgan fingerprint density at radius 2 is 1.89 bits per heavy atom. The zero-order valence-corrected chi connectivity index (χ0v) is 15.3. The van der Waals surface area contributed by atoms with E-state index in [-0.39, 0.29) is 12.5 Å². The summed E-state index contributed by atoms with van der Waals surface area (Å²) in [6, 6.07) is 14.2. The Balaban J connectivity index is 1.44. The molecule has 1 aliphatic carbocycles. The van der Waals surface area contributed by atoms with Gasteiger partial charge in [-0.1, -0.05) is 48.0 Å². The van der Waals surface area contributed by atoms with Crippen LogP contribution in [-0.4, -0.2) is 29.3 Å². The fourth-order valence-electron chi connectivity index (χ4n) is 3.74. The fourth-order valence-corrected chi connectivity index (χ4v) is 3.86. The predicted molar refractivity (Wildman–Crippen MR) is 100.0 cm³/mol. The first-order valence-electron chi connectivity index (χ1n) is 8.73. The minimum Gasteiger partial charge on any atom is -0.350 e. The summed E-state index contributed by atoms with van der Waals surface area (Å²) in [5.41, 5.74) is 1.73. The number of nitrogens with zero attached hydrogens (tertiary/aromatic N) is 1. The Morgan fingerprint density at radius 1 is 1.15 bits per heavy atom. The van der Waals surface area contributed by atoms with Crippen LogP contribution in [0.25, 0.3) is 0 Å². The van der Waals surface area contributed by atoms with Crippen LogP contribution in [0.4, 0.5) is 4.79 Å². The van der Waals surface area contributed by atoms with Crippen LogP contribution in [-0.2, 0) is 28.1 Å². The SMILES string of the molecule is O=C(CN1C(=O)N[C@@]2(CCc3ccccc32)C1=O)NCc1ccc(Cl)cc1. The molecule has 1 spiro atoms. The minimum atomic E-state index is -1.04. The molecule has 0 bridgehead atoms. The molecule has 138 valence electrons. The lowest BCUT2D eigenvalue weighted by atomic mass is 9.92. The molecule has 0 radical (unpaired) electrons. The molecule has 7 heteroatoms. The van der Waals surface area contributed by atoms with Crippen molar-refractivity contribution in [2.24, 2.45) is 0 Å². The van der Waals surface area contributed by atoms with Gasteiger partial charge in [0.05, 0.1) is 0 Å². The zero-order chi connectivity index (χ0) is 19.0. The summed E-state index contributed by atoms with van der Waals surface area (Å²) in [4.78, 5) is 38.7. The monoisotopic (exact) mass is 383 g/mol. The summed E-state index contributed by atoms with van der Waals surface area (Å²) < 4.78 is 0. The van der Waals surface area contributed by atoms with Crippen LogP contribution in [0, 0.1) is 0 Å². The van der Waals surface area contributed by atoms with Crippen molar-refractivity contribution >= 4 is 29.4 Å². The second kappa shape index (κ2) is 6.70. The first-order valence-corrected chi connectivity index (χ1v) is 9.11. The molecule has 0 unspecified atom stereocenters. The highest BCUT2D eigenvalue weighted by molar-refractivity contribution is 6.30. The van der Waals surface area contributed by atoms with Gasteiger partial charge in [-0.2, -0.15) is 0 Å². The average Bonchev–Trinajstić information content (AvgIpc) is 3.15. The number of imide groups is 1. The molecular weight excluding hydrogens is 366 g/mol. The molecule has 1 fully saturated rings. The number of hydrogen-bond acceptors (Lipinski definition) is 3. The van der Waals surface area contributed by atoms with Crippen LogP contribution >= 0.6 is 11.6 Å². The van der Waals surface area contributed by atoms with Crippen molar-refractivity contribution in [3.63, 3.8) is 0 Å². The van der Waals surface area contributed by atoms with E-state index in [0.29, 0.717) is 18.0 Å². The lowest BCUT2D eigenvalue weighted by Gasteiger charge is -2.22. The Bertz CT molecular complexity index is 928. The van der Waals surface area contributed by atoms with Gasteiger partial charge in [-0.05, 0) is 41.7 Å². The van der Waals surface area contributed by atoms with Crippen molar-refractivity contribution in [2.75, 3.05) is 6.54 Å². The van der Waals surface area contributed by atoms with E-state index in [1.54, 1.807) is 24.3 Å². The third-order valence-electron chi connectivity index (χ3n) is 5.13. The van der Waals surface area contributed by atoms with Crippen LogP contribution in [0.2, 0.25) is 5.02 Å². The van der Waals surface area contributed by atoms with Gasteiger partial charge in [-0.3, -0.25) is 14.5 Å². The summed E-state index contributed by atoms with van der Waals surface area (Å²) in [6.07, 6.45) is 1.23. The minimum absolute atomic E-state index is 0.299. The summed E-state index contributed by atoms with van der Waals surface area (Å²) in [5.74, 6) is -0.754. The predicted octanol–water partition coefficient (Wildman–Crippen LogP) is 2.35. The van der Waals surface area contributed by atoms with Crippen molar-refractivity contribution in [3.05, 3.63) is 70.2 Å². The van der Waals surface area contributed by atoms with Gasteiger partial charge < -0.3 is 10.6 Å². The number of rotatable bonds is 4. The Hall–Kier alpha value is -2.86. The lowest BCUT2D eigenvalue weighted by molar-refractivity contribution is -0.135. The first-order chi connectivity index (χ1) is 13.0. The number of hydrogen-bond donors (Lipinski definition) is 2. The molecule has 2 aromatic carbocycles. The van der Waals surface area contributed by atoms with Crippen molar-refractivity contribution in [2.45, 2.75) is 24.9 Å². The second-order valence-electron chi connectivity index (χ2n) is 6.79. The van der Waals surface area contributed by atoms with Gasteiger partial charge in [-0.25, -0.2) is 4.79 Å². The Morgan fingerprint density at radius 3 is 2.67 bits per heavy atom. The highest BCUT2D eigenvalue weighted by Crippen LogP contribution is 2.41. The number of benzene rings is 2. The molecule has 4 amide bonds. The van der Waals surface area contributed by atoms with Crippen LogP contribution in [0.1, 0.15) is 23.1 Å². The molecule has 0 aromatic heterocycles. The van der Waals surface area contributed by atoms with Crippen molar-refractivity contribution < 1.29 is 14.4 Å². The lowest BCUT2D eigenvalue weighted by Crippen LogP contribution is -2.43. The van der Waals surface area contributed by atoms with E-state index in [0.717, 1.165) is 28.0 Å². The Labute approximate surface area is 161 Å². The van der Waals surface area contributed by atoms with Gasteiger partial charge in [0.15, 0.2) is 0 Å². The van der Waals surface area contributed by atoms with E-state index >= 15 is 0 Å². The maximum absolute atomic E-state index is 13.0. The fraction of sp³-hybridized carbons (Fsp3) is 0.250. The Kier molecular flexibility index (Phi) is 4.36. The smallest absolute Gasteiger partial charge is 0.325 e. The van der Waals surface area contributed by atoms with Gasteiger partial charge >= 0.3 is 6.03 Å². The standard InChI is InChI=1S/C20H18ClN3O3/c21-15-7-5-13(6-8-15)11-22-17(25)12-24-18(26)20(23-19(24)27)10-9-14-3-1-2-4-16(14)20/h1-8H,9-12H2,(H,22,25)(H,23,27)/t20-/m1/s1. The van der Waals surface area contributed by atoms with Gasteiger partial charge in [0, 0.05) is 11.6 Å². The van der Waals surface area contributed by atoms with Crippen LogP contribution in [0.15, 0.2) is 48.5 Å². The molecule has 6 nitrogen and oxygen atoms in total. The molecule has 1 saturated heterocycles. The topological polar surface area (TPSA) is 78.5 Å². The number of carbonyl (C=O) groups excluding carboxylic acids is 3. The molecule has 2 aliphatic rings. The largest absolute Gasteiger partial charge is 0.350 e. The van der Waals surface area contributed by atoms with Gasteiger partial charge in [0.1, 0.15) is 12.1 Å². The van der Waals surface area contributed by atoms with E-state index in [1.165, 1.54) is 0 Å². The molecule has 4 rings (SSSR count). The third kappa shape index (κ3) is 3.06. The highest BCUT2D eigenvalue weighted by atomic mass is 35.5. The summed E-state index contributed by atoms with van der Waals surface area (Å²) in [6.45, 7) is -0.00417. The second-order valence-corrected chi connectivity index (χ2v) is 7.22. The molecule has 0 saturated carbocycles. The van der Waals surface area contributed by atoms with Crippen LogP contribution in [0.5, 0.6) is 0 Å². The van der Waals surface area contributed by atoms with Gasteiger partial charge in [-0.15, -0.1) is 0 Å². The van der Waals surface area contributed by atoms with E-state index in [1.807, 2.05) is 24.3 Å². The molecule has 1 aliphatic heterocycles. The molecule has 1 heterocycles.